The van der Waals surface area contributed by atoms with E-state index < -0.39 is 7.12 Å². The van der Waals surface area contributed by atoms with Gasteiger partial charge in [0.1, 0.15) is 5.82 Å². The van der Waals surface area contributed by atoms with E-state index in [1.807, 2.05) is 0 Å². The molecule has 1 rings (SSSR count). The van der Waals surface area contributed by atoms with Crippen LogP contribution in [0.4, 0.5) is 4.39 Å². The fraction of sp³-hybridized carbons (Fsp3) is 0.500. The van der Waals surface area contributed by atoms with Crippen LogP contribution >= 0.6 is 0 Å². The molecule has 2 nitrogen and oxygen atoms in total. The standard InChI is InChI=1S/C12H18BFO2/c1-12(2,3)7-6-9-4-5-10(13(15)16)8-11(9)14/h4-5,8,15-16H,6-7H2,1-3H3. The molecule has 0 aliphatic heterocycles. The first-order valence-corrected chi connectivity index (χ1v) is 5.44. The minimum atomic E-state index is -1.61. The molecule has 0 saturated carbocycles. The SMILES string of the molecule is CC(C)(C)CCc1ccc(B(O)O)cc1F. The molecule has 0 spiro atoms. The van der Waals surface area contributed by atoms with Crippen LogP contribution in [0.5, 0.6) is 0 Å². The number of halogens is 1. The van der Waals surface area contributed by atoms with Crippen molar-refractivity contribution in [3.05, 3.63) is 29.6 Å². The maximum Gasteiger partial charge on any atom is 0.488 e. The fourth-order valence-corrected chi connectivity index (χ4v) is 1.44. The molecule has 0 aromatic heterocycles. The van der Waals surface area contributed by atoms with Crippen molar-refractivity contribution < 1.29 is 14.4 Å². The summed E-state index contributed by atoms with van der Waals surface area (Å²) in [5.41, 5.74) is 0.984. The summed E-state index contributed by atoms with van der Waals surface area (Å²) in [7, 11) is -1.61. The van der Waals surface area contributed by atoms with Crippen LogP contribution < -0.4 is 5.46 Å². The van der Waals surface area contributed by atoms with Gasteiger partial charge in [0.15, 0.2) is 0 Å². The maximum atomic E-state index is 13.6. The second-order valence-corrected chi connectivity index (χ2v) is 5.29. The van der Waals surface area contributed by atoms with Crippen LogP contribution in [0.15, 0.2) is 18.2 Å². The molecule has 0 heterocycles. The van der Waals surface area contributed by atoms with Crippen molar-refractivity contribution in [1.29, 1.82) is 0 Å². The van der Waals surface area contributed by atoms with Crippen molar-refractivity contribution in [2.45, 2.75) is 33.6 Å². The second-order valence-electron chi connectivity index (χ2n) is 5.29. The summed E-state index contributed by atoms with van der Waals surface area (Å²) >= 11 is 0. The Morgan fingerprint density at radius 2 is 1.88 bits per heavy atom. The summed E-state index contributed by atoms with van der Waals surface area (Å²) in [5.74, 6) is -0.366. The lowest BCUT2D eigenvalue weighted by atomic mass is 9.79. The molecule has 1 aromatic carbocycles. The third-order valence-electron chi connectivity index (χ3n) is 2.52. The topological polar surface area (TPSA) is 40.5 Å². The van der Waals surface area contributed by atoms with Crippen molar-refractivity contribution >= 4 is 12.6 Å². The van der Waals surface area contributed by atoms with Crippen molar-refractivity contribution in [2.75, 3.05) is 0 Å². The van der Waals surface area contributed by atoms with Gasteiger partial charge in [-0.1, -0.05) is 32.9 Å². The highest BCUT2D eigenvalue weighted by Gasteiger charge is 2.15. The highest BCUT2D eigenvalue weighted by atomic mass is 19.1. The van der Waals surface area contributed by atoms with Crippen LogP contribution in [0, 0.1) is 11.2 Å². The molecular formula is C12H18BFO2. The average molecular weight is 224 g/mol. The minimum Gasteiger partial charge on any atom is -0.423 e. The Hall–Kier alpha value is -0.865. The number of hydrogen-bond acceptors (Lipinski definition) is 2. The van der Waals surface area contributed by atoms with Crippen LogP contribution in [0.2, 0.25) is 0 Å². The fourth-order valence-electron chi connectivity index (χ4n) is 1.44. The summed E-state index contributed by atoms with van der Waals surface area (Å²) in [4.78, 5) is 0. The molecule has 16 heavy (non-hydrogen) atoms. The zero-order valence-electron chi connectivity index (χ0n) is 10.00. The van der Waals surface area contributed by atoms with Crippen molar-refractivity contribution in [2.24, 2.45) is 5.41 Å². The lowest BCUT2D eigenvalue weighted by Gasteiger charge is -2.18. The first kappa shape index (κ1) is 13.2. The summed E-state index contributed by atoms with van der Waals surface area (Å²) in [6.07, 6.45) is 1.56. The quantitative estimate of drug-likeness (QED) is 0.763. The molecule has 0 amide bonds. The summed E-state index contributed by atoms with van der Waals surface area (Å²) in [6, 6.07) is 4.35. The van der Waals surface area contributed by atoms with Gasteiger partial charge in [-0.2, -0.15) is 0 Å². The van der Waals surface area contributed by atoms with E-state index in [0.29, 0.717) is 12.0 Å². The Morgan fingerprint density at radius 3 is 2.31 bits per heavy atom. The van der Waals surface area contributed by atoms with Gasteiger partial charge >= 0.3 is 7.12 Å². The van der Waals surface area contributed by atoms with Gasteiger partial charge in [0.2, 0.25) is 0 Å². The van der Waals surface area contributed by atoms with E-state index in [9.17, 15) is 4.39 Å². The smallest absolute Gasteiger partial charge is 0.423 e. The Morgan fingerprint density at radius 1 is 1.25 bits per heavy atom. The molecule has 0 aliphatic carbocycles. The predicted molar refractivity (Wildman–Crippen MR) is 64.0 cm³/mol. The number of hydrogen-bond donors (Lipinski definition) is 2. The first-order valence-electron chi connectivity index (χ1n) is 5.44. The van der Waals surface area contributed by atoms with Crippen molar-refractivity contribution in [1.82, 2.24) is 0 Å². The number of aryl methyl sites for hydroxylation is 1. The third-order valence-corrected chi connectivity index (χ3v) is 2.52. The van der Waals surface area contributed by atoms with Crippen LogP contribution in [0.3, 0.4) is 0 Å². The molecule has 1 aromatic rings. The second kappa shape index (κ2) is 4.98. The number of rotatable bonds is 3. The molecular weight excluding hydrogens is 206 g/mol. The van der Waals surface area contributed by atoms with Gasteiger partial charge in [-0.05, 0) is 35.3 Å². The molecule has 0 saturated heterocycles. The van der Waals surface area contributed by atoms with Gasteiger partial charge in [0.05, 0.1) is 0 Å². The van der Waals surface area contributed by atoms with Crippen LogP contribution in [-0.2, 0) is 6.42 Å². The minimum absolute atomic E-state index is 0.168. The van der Waals surface area contributed by atoms with E-state index in [-0.39, 0.29) is 16.7 Å². The molecule has 0 bridgehead atoms. The number of benzene rings is 1. The van der Waals surface area contributed by atoms with E-state index in [1.54, 1.807) is 12.1 Å². The van der Waals surface area contributed by atoms with E-state index in [0.717, 1.165) is 6.42 Å². The zero-order chi connectivity index (χ0) is 12.3. The van der Waals surface area contributed by atoms with Crippen LogP contribution in [0.25, 0.3) is 0 Å². The van der Waals surface area contributed by atoms with Crippen LogP contribution in [0.1, 0.15) is 32.8 Å². The average Bonchev–Trinajstić information content (AvgIpc) is 2.14. The van der Waals surface area contributed by atoms with Gasteiger partial charge in [-0.3, -0.25) is 0 Å². The van der Waals surface area contributed by atoms with Gasteiger partial charge in [0.25, 0.3) is 0 Å². The monoisotopic (exact) mass is 224 g/mol. The first-order chi connectivity index (χ1) is 7.29. The normalized spacial score (nSPS) is 11.6. The van der Waals surface area contributed by atoms with Gasteiger partial charge < -0.3 is 10.0 Å². The summed E-state index contributed by atoms with van der Waals surface area (Å²) < 4.78 is 13.6. The summed E-state index contributed by atoms with van der Waals surface area (Å²) in [6.45, 7) is 6.32. The van der Waals surface area contributed by atoms with Crippen LogP contribution in [-0.4, -0.2) is 17.2 Å². The van der Waals surface area contributed by atoms with E-state index in [1.165, 1.54) is 6.07 Å². The molecule has 0 fully saturated rings. The lowest BCUT2D eigenvalue weighted by molar-refractivity contribution is 0.375. The zero-order valence-corrected chi connectivity index (χ0v) is 10.00. The molecule has 0 radical (unpaired) electrons. The summed E-state index contributed by atoms with van der Waals surface area (Å²) in [5, 5.41) is 17.8. The van der Waals surface area contributed by atoms with Gasteiger partial charge in [-0.25, -0.2) is 4.39 Å². The highest BCUT2D eigenvalue weighted by Crippen LogP contribution is 2.22. The molecule has 4 heteroatoms. The van der Waals surface area contributed by atoms with Gasteiger partial charge in [-0.15, -0.1) is 0 Å². The van der Waals surface area contributed by atoms with Crippen molar-refractivity contribution in [3.8, 4) is 0 Å². The maximum absolute atomic E-state index is 13.6. The Labute approximate surface area is 96.3 Å². The lowest BCUT2D eigenvalue weighted by Crippen LogP contribution is -2.30. The molecule has 0 aliphatic rings. The predicted octanol–water partition coefficient (Wildman–Crippen LogP) is 1.48. The molecule has 0 atom stereocenters. The van der Waals surface area contributed by atoms with Gasteiger partial charge in [0, 0.05) is 0 Å². The Kier molecular flexibility index (Phi) is 4.11. The highest BCUT2D eigenvalue weighted by molar-refractivity contribution is 6.58. The van der Waals surface area contributed by atoms with Crippen molar-refractivity contribution in [3.63, 3.8) is 0 Å². The molecule has 0 unspecified atom stereocenters. The Bertz CT molecular complexity index is 359. The largest absolute Gasteiger partial charge is 0.488 e. The van der Waals surface area contributed by atoms with E-state index in [4.69, 9.17) is 10.0 Å². The molecule has 88 valence electrons. The van der Waals surface area contributed by atoms with E-state index in [2.05, 4.69) is 20.8 Å². The van der Waals surface area contributed by atoms with E-state index >= 15 is 0 Å². The Balaban J connectivity index is 2.76. The third kappa shape index (κ3) is 3.95. The molecule has 2 N–H and O–H groups in total.